The van der Waals surface area contributed by atoms with Crippen molar-refractivity contribution >= 4 is 17.3 Å². The van der Waals surface area contributed by atoms with Gasteiger partial charge in [-0.2, -0.15) is 0 Å². The predicted molar refractivity (Wildman–Crippen MR) is 82.1 cm³/mol. The highest BCUT2D eigenvalue weighted by Gasteiger charge is 2.31. The maximum atomic E-state index is 12.7. The molecule has 3 nitrogen and oxygen atoms in total. The molecule has 0 saturated heterocycles. The van der Waals surface area contributed by atoms with E-state index >= 15 is 0 Å². The minimum absolute atomic E-state index is 0.0000491. The quantitative estimate of drug-likeness (QED) is 0.805. The summed E-state index contributed by atoms with van der Waals surface area (Å²) < 4.78 is 0. The molecule has 0 aliphatic carbocycles. The SMILES string of the molecule is Cc1ccc(N2CC(C)c3cccc(N)c3C2=O)cc1. The molecular formula is C17H18N2O. The standard InChI is InChI=1S/C17H18N2O/c1-11-6-8-13(9-7-11)19-10-12(2)14-4-3-5-15(18)16(14)17(19)20/h3-9,12H,10,18H2,1-2H3. The van der Waals surface area contributed by atoms with E-state index in [1.165, 1.54) is 5.56 Å². The highest BCUT2D eigenvalue weighted by Crippen LogP contribution is 2.34. The van der Waals surface area contributed by atoms with E-state index in [-0.39, 0.29) is 11.8 Å². The molecule has 2 N–H and O–H groups in total. The van der Waals surface area contributed by atoms with Gasteiger partial charge in [0.15, 0.2) is 0 Å². The molecule has 1 aliphatic rings. The average Bonchev–Trinajstić information content (AvgIpc) is 2.44. The number of amides is 1. The van der Waals surface area contributed by atoms with Crippen LogP contribution in [0.3, 0.4) is 0 Å². The van der Waals surface area contributed by atoms with E-state index in [9.17, 15) is 4.79 Å². The summed E-state index contributed by atoms with van der Waals surface area (Å²) in [5.41, 5.74) is 10.4. The molecule has 102 valence electrons. The summed E-state index contributed by atoms with van der Waals surface area (Å²) in [6.07, 6.45) is 0. The van der Waals surface area contributed by atoms with Gasteiger partial charge in [-0.05, 0) is 30.7 Å². The van der Waals surface area contributed by atoms with E-state index in [0.717, 1.165) is 11.3 Å². The second-order valence-corrected chi connectivity index (χ2v) is 5.46. The summed E-state index contributed by atoms with van der Waals surface area (Å²) in [7, 11) is 0. The lowest BCUT2D eigenvalue weighted by Crippen LogP contribution is -2.39. The van der Waals surface area contributed by atoms with Crippen molar-refractivity contribution in [1.82, 2.24) is 0 Å². The number of fused-ring (bicyclic) bond motifs is 1. The average molecular weight is 266 g/mol. The molecule has 0 bridgehead atoms. The Morgan fingerprint density at radius 2 is 1.85 bits per heavy atom. The summed E-state index contributed by atoms with van der Waals surface area (Å²) in [6.45, 7) is 4.86. The lowest BCUT2D eigenvalue weighted by molar-refractivity contribution is 0.0978. The Labute approximate surface area is 119 Å². The summed E-state index contributed by atoms with van der Waals surface area (Å²) in [5, 5.41) is 0. The second kappa shape index (κ2) is 4.67. The fourth-order valence-electron chi connectivity index (χ4n) is 2.78. The minimum atomic E-state index is 0.0000491. The van der Waals surface area contributed by atoms with E-state index in [1.807, 2.05) is 48.2 Å². The number of hydrogen-bond acceptors (Lipinski definition) is 2. The Morgan fingerprint density at radius 1 is 1.15 bits per heavy atom. The molecule has 0 aromatic heterocycles. The first-order chi connectivity index (χ1) is 9.58. The molecule has 3 rings (SSSR count). The third-order valence-corrected chi connectivity index (χ3v) is 3.92. The van der Waals surface area contributed by atoms with E-state index in [2.05, 4.69) is 6.92 Å². The molecular weight excluding hydrogens is 248 g/mol. The van der Waals surface area contributed by atoms with E-state index < -0.39 is 0 Å². The van der Waals surface area contributed by atoms with Gasteiger partial charge in [0.1, 0.15) is 0 Å². The zero-order valence-corrected chi connectivity index (χ0v) is 11.8. The topological polar surface area (TPSA) is 46.3 Å². The van der Waals surface area contributed by atoms with Crippen LogP contribution in [0, 0.1) is 6.92 Å². The lowest BCUT2D eigenvalue weighted by atomic mass is 9.89. The monoisotopic (exact) mass is 266 g/mol. The van der Waals surface area contributed by atoms with Crippen molar-refractivity contribution in [2.75, 3.05) is 17.2 Å². The highest BCUT2D eigenvalue weighted by molar-refractivity contribution is 6.11. The molecule has 1 amide bonds. The van der Waals surface area contributed by atoms with Crippen LogP contribution < -0.4 is 10.6 Å². The molecule has 1 atom stereocenters. The number of anilines is 2. The number of benzene rings is 2. The molecule has 20 heavy (non-hydrogen) atoms. The molecule has 2 aromatic rings. The van der Waals surface area contributed by atoms with Crippen LogP contribution in [0.4, 0.5) is 11.4 Å². The van der Waals surface area contributed by atoms with E-state index in [4.69, 9.17) is 5.73 Å². The van der Waals surface area contributed by atoms with Crippen molar-refractivity contribution in [3.63, 3.8) is 0 Å². The lowest BCUT2D eigenvalue weighted by Gasteiger charge is -2.33. The summed E-state index contributed by atoms with van der Waals surface area (Å²) in [6, 6.07) is 13.7. The predicted octanol–water partition coefficient (Wildman–Crippen LogP) is 3.34. The third kappa shape index (κ3) is 1.95. The number of rotatable bonds is 1. The Hall–Kier alpha value is -2.29. The third-order valence-electron chi connectivity index (χ3n) is 3.92. The largest absolute Gasteiger partial charge is 0.398 e. The van der Waals surface area contributed by atoms with Crippen LogP contribution in [-0.4, -0.2) is 12.5 Å². The number of nitrogens with two attached hydrogens (primary N) is 1. The molecule has 0 saturated carbocycles. The molecule has 0 fully saturated rings. The van der Waals surface area contributed by atoms with Gasteiger partial charge in [-0.25, -0.2) is 0 Å². The van der Waals surface area contributed by atoms with Gasteiger partial charge in [-0.1, -0.05) is 36.8 Å². The number of carbonyl (C=O) groups excluding carboxylic acids is 1. The number of nitrogen functional groups attached to an aromatic ring is 1. The minimum Gasteiger partial charge on any atom is -0.398 e. The molecule has 2 aromatic carbocycles. The molecule has 3 heteroatoms. The van der Waals surface area contributed by atoms with Crippen molar-refractivity contribution in [2.24, 2.45) is 0 Å². The number of nitrogens with zero attached hydrogens (tertiary/aromatic N) is 1. The van der Waals surface area contributed by atoms with E-state index in [0.29, 0.717) is 17.8 Å². The summed E-state index contributed by atoms with van der Waals surface area (Å²) in [5.74, 6) is 0.285. The van der Waals surface area contributed by atoms with Crippen LogP contribution in [0.2, 0.25) is 0 Å². The van der Waals surface area contributed by atoms with Crippen molar-refractivity contribution < 1.29 is 4.79 Å². The Balaban J connectivity index is 2.07. The van der Waals surface area contributed by atoms with Crippen LogP contribution in [0.1, 0.15) is 34.3 Å². The highest BCUT2D eigenvalue weighted by atomic mass is 16.2. The summed E-state index contributed by atoms with van der Waals surface area (Å²) in [4.78, 5) is 14.5. The normalized spacial score (nSPS) is 18.0. The van der Waals surface area contributed by atoms with Crippen LogP contribution >= 0.6 is 0 Å². The van der Waals surface area contributed by atoms with Gasteiger partial charge in [0.25, 0.3) is 5.91 Å². The Bertz CT molecular complexity index is 661. The second-order valence-electron chi connectivity index (χ2n) is 5.46. The van der Waals surface area contributed by atoms with Gasteiger partial charge in [0.2, 0.25) is 0 Å². The summed E-state index contributed by atoms with van der Waals surface area (Å²) >= 11 is 0. The fourth-order valence-corrected chi connectivity index (χ4v) is 2.78. The van der Waals surface area contributed by atoms with Crippen LogP contribution in [0.15, 0.2) is 42.5 Å². The molecule has 1 aliphatic heterocycles. The number of hydrogen-bond donors (Lipinski definition) is 1. The first-order valence-corrected chi connectivity index (χ1v) is 6.85. The zero-order valence-electron chi connectivity index (χ0n) is 11.8. The molecule has 0 radical (unpaired) electrons. The van der Waals surface area contributed by atoms with Gasteiger partial charge >= 0.3 is 0 Å². The van der Waals surface area contributed by atoms with Gasteiger partial charge in [-0.15, -0.1) is 0 Å². The van der Waals surface area contributed by atoms with Crippen molar-refractivity contribution in [3.05, 3.63) is 59.2 Å². The van der Waals surface area contributed by atoms with E-state index in [1.54, 1.807) is 6.07 Å². The van der Waals surface area contributed by atoms with Gasteiger partial charge < -0.3 is 10.6 Å². The first-order valence-electron chi connectivity index (χ1n) is 6.85. The number of aryl methyl sites for hydroxylation is 1. The molecule has 0 spiro atoms. The van der Waals surface area contributed by atoms with Crippen LogP contribution in [0.5, 0.6) is 0 Å². The van der Waals surface area contributed by atoms with Crippen LogP contribution in [-0.2, 0) is 0 Å². The van der Waals surface area contributed by atoms with Gasteiger partial charge in [0.05, 0.1) is 5.56 Å². The Morgan fingerprint density at radius 3 is 2.55 bits per heavy atom. The zero-order chi connectivity index (χ0) is 14.3. The van der Waals surface area contributed by atoms with Crippen molar-refractivity contribution in [2.45, 2.75) is 19.8 Å². The molecule has 1 heterocycles. The van der Waals surface area contributed by atoms with Gasteiger partial charge in [-0.3, -0.25) is 4.79 Å². The maximum Gasteiger partial charge on any atom is 0.260 e. The van der Waals surface area contributed by atoms with Crippen LogP contribution in [0.25, 0.3) is 0 Å². The fraction of sp³-hybridized carbons (Fsp3) is 0.235. The number of carbonyl (C=O) groups is 1. The smallest absolute Gasteiger partial charge is 0.260 e. The van der Waals surface area contributed by atoms with Crippen molar-refractivity contribution in [1.29, 1.82) is 0 Å². The van der Waals surface area contributed by atoms with Gasteiger partial charge in [0, 0.05) is 23.8 Å². The Kier molecular flexibility index (Phi) is 2.97. The first kappa shape index (κ1) is 12.7. The van der Waals surface area contributed by atoms with Crippen molar-refractivity contribution in [3.8, 4) is 0 Å². The molecule has 1 unspecified atom stereocenters. The maximum absolute atomic E-state index is 12.7.